The standard InChI is InChI=1S/C18H19NO/c1-3-11-19-13-17-5-4-6-18(12-17)20-14-16-9-7-15(2)8-10-16/h1,4-10,12,19H,11,13-14H2,2H3. The molecule has 2 heteroatoms. The molecule has 0 aliphatic carbocycles. The molecule has 0 bridgehead atoms. The number of rotatable bonds is 6. The second-order valence-corrected chi connectivity index (χ2v) is 4.73. The molecule has 102 valence electrons. The topological polar surface area (TPSA) is 21.3 Å². The highest BCUT2D eigenvalue weighted by atomic mass is 16.5. The van der Waals surface area contributed by atoms with Crippen LogP contribution in [0.1, 0.15) is 16.7 Å². The van der Waals surface area contributed by atoms with E-state index < -0.39 is 0 Å². The van der Waals surface area contributed by atoms with Crippen molar-refractivity contribution < 1.29 is 4.74 Å². The molecule has 0 saturated carbocycles. The molecule has 0 aliphatic rings. The molecule has 0 atom stereocenters. The van der Waals surface area contributed by atoms with Gasteiger partial charge >= 0.3 is 0 Å². The number of nitrogens with one attached hydrogen (secondary N) is 1. The smallest absolute Gasteiger partial charge is 0.120 e. The lowest BCUT2D eigenvalue weighted by Crippen LogP contribution is -2.12. The Hall–Kier alpha value is -2.24. The summed E-state index contributed by atoms with van der Waals surface area (Å²) in [6, 6.07) is 16.4. The van der Waals surface area contributed by atoms with Crippen LogP contribution in [-0.4, -0.2) is 6.54 Å². The zero-order chi connectivity index (χ0) is 14.2. The fourth-order valence-electron chi connectivity index (χ4n) is 1.88. The quantitative estimate of drug-likeness (QED) is 0.639. The van der Waals surface area contributed by atoms with Crippen LogP contribution >= 0.6 is 0 Å². The Morgan fingerprint density at radius 3 is 2.65 bits per heavy atom. The van der Waals surface area contributed by atoms with Crippen molar-refractivity contribution in [1.82, 2.24) is 5.32 Å². The lowest BCUT2D eigenvalue weighted by atomic mass is 10.2. The summed E-state index contributed by atoms with van der Waals surface area (Å²) in [6.45, 7) is 4.00. The summed E-state index contributed by atoms with van der Waals surface area (Å²) >= 11 is 0. The Morgan fingerprint density at radius 1 is 1.10 bits per heavy atom. The molecule has 0 saturated heterocycles. The van der Waals surface area contributed by atoms with E-state index in [2.05, 4.69) is 48.5 Å². The summed E-state index contributed by atoms with van der Waals surface area (Å²) in [5.74, 6) is 3.44. The maximum atomic E-state index is 5.81. The molecule has 0 aromatic heterocycles. The Labute approximate surface area is 120 Å². The Morgan fingerprint density at radius 2 is 1.90 bits per heavy atom. The van der Waals surface area contributed by atoms with E-state index in [-0.39, 0.29) is 0 Å². The maximum Gasteiger partial charge on any atom is 0.120 e. The number of hydrogen-bond donors (Lipinski definition) is 1. The van der Waals surface area contributed by atoms with Crippen LogP contribution in [0.15, 0.2) is 48.5 Å². The van der Waals surface area contributed by atoms with Crippen molar-refractivity contribution in [2.24, 2.45) is 0 Å². The largest absolute Gasteiger partial charge is 0.489 e. The van der Waals surface area contributed by atoms with Gasteiger partial charge in [0, 0.05) is 6.54 Å². The average Bonchev–Trinajstić information content (AvgIpc) is 2.47. The number of terminal acetylenes is 1. The van der Waals surface area contributed by atoms with Gasteiger partial charge in [0.2, 0.25) is 0 Å². The summed E-state index contributed by atoms with van der Waals surface area (Å²) in [6.07, 6.45) is 5.21. The van der Waals surface area contributed by atoms with Crippen molar-refractivity contribution in [3.8, 4) is 18.1 Å². The minimum absolute atomic E-state index is 0.578. The fourth-order valence-corrected chi connectivity index (χ4v) is 1.88. The maximum absolute atomic E-state index is 5.81. The fraction of sp³-hybridized carbons (Fsp3) is 0.222. The Kier molecular flexibility index (Phi) is 5.23. The summed E-state index contributed by atoms with van der Waals surface area (Å²) in [7, 11) is 0. The summed E-state index contributed by atoms with van der Waals surface area (Å²) in [5.41, 5.74) is 3.60. The van der Waals surface area contributed by atoms with Gasteiger partial charge in [0.25, 0.3) is 0 Å². The summed E-state index contributed by atoms with van der Waals surface area (Å²) < 4.78 is 5.81. The molecular formula is C18H19NO. The first-order valence-electron chi connectivity index (χ1n) is 6.69. The molecule has 2 aromatic rings. The molecule has 0 radical (unpaired) electrons. The molecular weight excluding hydrogens is 246 g/mol. The molecule has 2 aromatic carbocycles. The van der Waals surface area contributed by atoms with E-state index in [0.717, 1.165) is 12.3 Å². The molecule has 2 rings (SSSR count). The van der Waals surface area contributed by atoms with Crippen LogP contribution in [0.25, 0.3) is 0 Å². The third-order valence-corrected chi connectivity index (χ3v) is 2.98. The second-order valence-electron chi connectivity index (χ2n) is 4.73. The highest BCUT2D eigenvalue weighted by Crippen LogP contribution is 2.15. The molecule has 20 heavy (non-hydrogen) atoms. The number of hydrogen-bond acceptors (Lipinski definition) is 2. The van der Waals surface area contributed by atoms with Crippen molar-refractivity contribution in [1.29, 1.82) is 0 Å². The van der Waals surface area contributed by atoms with Crippen LogP contribution in [0.5, 0.6) is 5.75 Å². The highest BCUT2D eigenvalue weighted by molar-refractivity contribution is 5.29. The van der Waals surface area contributed by atoms with Crippen molar-refractivity contribution in [2.45, 2.75) is 20.1 Å². The van der Waals surface area contributed by atoms with Crippen LogP contribution in [0.3, 0.4) is 0 Å². The second kappa shape index (κ2) is 7.37. The van der Waals surface area contributed by atoms with Gasteiger partial charge in [-0.05, 0) is 30.2 Å². The third kappa shape index (κ3) is 4.46. The van der Waals surface area contributed by atoms with Gasteiger partial charge in [0.1, 0.15) is 12.4 Å². The van der Waals surface area contributed by atoms with Gasteiger partial charge in [-0.1, -0.05) is 47.9 Å². The molecule has 2 nitrogen and oxygen atoms in total. The number of aryl methyl sites for hydroxylation is 1. The van der Waals surface area contributed by atoms with Gasteiger partial charge in [-0.25, -0.2) is 0 Å². The lowest BCUT2D eigenvalue weighted by Gasteiger charge is -2.08. The van der Waals surface area contributed by atoms with E-state index in [1.807, 2.05) is 18.2 Å². The van der Waals surface area contributed by atoms with Crippen LogP contribution in [0.2, 0.25) is 0 Å². The van der Waals surface area contributed by atoms with Crippen molar-refractivity contribution in [3.63, 3.8) is 0 Å². The van der Waals surface area contributed by atoms with Gasteiger partial charge < -0.3 is 10.1 Å². The summed E-state index contributed by atoms with van der Waals surface area (Å²) in [4.78, 5) is 0. The van der Waals surface area contributed by atoms with E-state index in [0.29, 0.717) is 13.2 Å². The molecule has 0 amide bonds. The first-order chi connectivity index (χ1) is 9.78. The number of ether oxygens (including phenoxy) is 1. The average molecular weight is 265 g/mol. The van der Waals surface area contributed by atoms with Gasteiger partial charge in [-0.3, -0.25) is 0 Å². The van der Waals surface area contributed by atoms with E-state index in [1.165, 1.54) is 16.7 Å². The zero-order valence-corrected chi connectivity index (χ0v) is 11.7. The first-order valence-corrected chi connectivity index (χ1v) is 6.69. The van der Waals surface area contributed by atoms with Crippen LogP contribution in [-0.2, 0) is 13.2 Å². The molecule has 0 unspecified atom stereocenters. The molecule has 0 heterocycles. The predicted octanol–water partition coefficient (Wildman–Crippen LogP) is 3.30. The predicted molar refractivity (Wildman–Crippen MR) is 82.5 cm³/mol. The zero-order valence-electron chi connectivity index (χ0n) is 11.7. The highest BCUT2D eigenvalue weighted by Gasteiger charge is 1.98. The SMILES string of the molecule is C#CCNCc1cccc(OCc2ccc(C)cc2)c1. The van der Waals surface area contributed by atoms with E-state index in [9.17, 15) is 0 Å². The van der Waals surface area contributed by atoms with Gasteiger partial charge in [0.05, 0.1) is 6.54 Å². The van der Waals surface area contributed by atoms with Gasteiger partial charge in [-0.2, -0.15) is 0 Å². The van der Waals surface area contributed by atoms with Crippen LogP contribution in [0, 0.1) is 19.3 Å². The lowest BCUT2D eigenvalue weighted by molar-refractivity contribution is 0.306. The Balaban J connectivity index is 1.91. The molecule has 0 spiro atoms. The third-order valence-electron chi connectivity index (χ3n) is 2.98. The molecule has 0 fully saturated rings. The first kappa shape index (κ1) is 14.2. The molecule has 0 aliphatic heterocycles. The van der Waals surface area contributed by atoms with Crippen molar-refractivity contribution >= 4 is 0 Å². The Bertz CT molecular complexity index is 581. The molecule has 1 N–H and O–H groups in total. The van der Waals surface area contributed by atoms with Crippen molar-refractivity contribution in [3.05, 3.63) is 65.2 Å². The van der Waals surface area contributed by atoms with E-state index >= 15 is 0 Å². The monoisotopic (exact) mass is 265 g/mol. The number of benzene rings is 2. The normalized spacial score (nSPS) is 10.0. The van der Waals surface area contributed by atoms with E-state index in [1.54, 1.807) is 0 Å². The summed E-state index contributed by atoms with van der Waals surface area (Å²) in [5, 5.41) is 3.17. The minimum Gasteiger partial charge on any atom is -0.489 e. The van der Waals surface area contributed by atoms with E-state index in [4.69, 9.17) is 11.2 Å². The minimum atomic E-state index is 0.578. The van der Waals surface area contributed by atoms with Crippen molar-refractivity contribution in [2.75, 3.05) is 6.54 Å². The van der Waals surface area contributed by atoms with Gasteiger partial charge in [0.15, 0.2) is 0 Å². The van der Waals surface area contributed by atoms with Crippen LogP contribution in [0.4, 0.5) is 0 Å². The van der Waals surface area contributed by atoms with Crippen LogP contribution < -0.4 is 10.1 Å². The van der Waals surface area contributed by atoms with Gasteiger partial charge in [-0.15, -0.1) is 6.42 Å².